The van der Waals surface area contributed by atoms with E-state index in [-0.39, 0.29) is 19.4 Å². The lowest BCUT2D eigenvalue weighted by atomic mass is 10.0. The molecule has 0 aliphatic carbocycles. The summed E-state index contributed by atoms with van der Waals surface area (Å²) in [6, 6.07) is -1.52. The molecule has 0 spiro atoms. The van der Waals surface area contributed by atoms with Crippen LogP contribution < -0.4 is 5.73 Å². The first-order valence-electron chi connectivity index (χ1n) is 23.1. The maximum Gasteiger partial charge on any atom is 0.472 e. The van der Waals surface area contributed by atoms with Crippen molar-refractivity contribution < 1.29 is 47.5 Å². The number of hydrogen-bond donors (Lipinski definition) is 3. The molecule has 0 amide bonds. The zero-order valence-corrected chi connectivity index (χ0v) is 36.9. The van der Waals surface area contributed by atoms with Crippen LogP contribution in [0.15, 0.2) is 0 Å². The Bertz CT molecular complexity index is 968. The van der Waals surface area contributed by atoms with Gasteiger partial charge in [0.15, 0.2) is 6.10 Å². The molecule has 0 aromatic carbocycles. The van der Waals surface area contributed by atoms with E-state index < -0.39 is 51.1 Å². The smallest absolute Gasteiger partial charge is 0.472 e. The van der Waals surface area contributed by atoms with Crippen molar-refractivity contribution in [2.24, 2.45) is 5.73 Å². The number of unbranched alkanes of at least 4 members (excludes halogenated alkanes) is 30. The van der Waals surface area contributed by atoms with Crippen molar-refractivity contribution in [1.29, 1.82) is 0 Å². The molecule has 0 fully saturated rings. The largest absolute Gasteiger partial charge is 0.480 e. The van der Waals surface area contributed by atoms with E-state index in [4.69, 9.17) is 24.8 Å². The van der Waals surface area contributed by atoms with Gasteiger partial charge in [-0.15, -0.1) is 0 Å². The molecular weight excluding hydrogens is 733 g/mol. The molecule has 11 nitrogen and oxygen atoms in total. The molecule has 332 valence electrons. The average Bonchev–Trinajstić information content (AvgIpc) is 3.17. The first kappa shape index (κ1) is 54.5. The van der Waals surface area contributed by atoms with Crippen LogP contribution in [-0.4, -0.2) is 59.9 Å². The summed E-state index contributed by atoms with van der Waals surface area (Å²) in [6.07, 6.45) is 39.0. The molecule has 0 radical (unpaired) electrons. The predicted molar refractivity (Wildman–Crippen MR) is 227 cm³/mol. The van der Waals surface area contributed by atoms with Crippen molar-refractivity contribution in [2.75, 3.05) is 19.8 Å². The molecular formula is C44H86NO10P. The highest BCUT2D eigenvalue weighted by molar-refractivity contribution is 7.47. The molecule has 1 unspecified atom stereocenters. The summed E-state index contributed by atoms with van der Waals surface area (Å²) < 4.78 is 32.7. The zero-order chi connectivity index (χ0) is 41.4. The molecule has 0 heterocycles. The van der Waals surface area contributed by atoms with E-state index in [0.29, 0.717) is 12.8 Å². The zero-order valence-electron chi connectivity index (χ0n) is 36.0. The maximum absolute atomic E-state index is 12.6. The van der Waals surface area contributed by atoms with Gasteiger partial charge in [-0.25, -0.2) is 4.57 Å². The van der Waals surface area contributed by atoms with Crippen LogP contribution in [0.25, 0.3) is 0 Å². The standard InChI is InChI=1S/C44H86NO10P/c1-3-5-7-9-11-13-15-16-17-18-19-20-21-22-23-24-25-26-28-29-31-33-35-42(46)52-37-40(38-53-56(50,51)54-39-41(45)44(48)49)55-43(47)36-34-32-30-27-14-12-10-8-6-4-2/h40-41H,3-39,45H2,1-2H3,(H,48,49)(H,50,51)/t40-,41+/m0/s1. The Kier molecular flexibility index (Phi) is 39.2. The first-order chi connectivity index (χ1) is 27.1. The predicted octanol–water partition coefficient (Wildman–Crippen LogP) is 12.3. The summed E-state index contributed by atoms with van der Waals surface area (Å²) >= 11 is 0. The van der Waals surface area contributed by atoms with Crippen LogP contribution >= 0.6 is 7.82 Å². The van der Waals surface area contributed by atoms with E-state index in [9.17, 15) is 23.8 Å². The molecule has 0 aliphatic rings. The van der Waals surface area contributed by atoms with E-state index in [1.165, 1.54) is 154 Å². The summed E-state index contributed by atoms with van der Waals surface area (Å²) in [5, 5.41) is 8.88. The number of aliphatic carboxylic acids is 1. The Morgan fingerprint density at radius 1 is 0.482 bits per heavy atom. The molecule has 0 saturated heterocycles. The van der Waals surface area contributed by atoms with Gasteiger partial charge in [0.2, 0.25) is 0 Å². The van der Waals surface area contributed by atoms with Crippen molar-refractivity contribution in [1.82, 2.24) is 0 Å². The summed E-state index contributed by atoms with van der Waals surface area (Å²) in [5.41, 5.74) is 5.33. The Morgan fingerprint density at radius 3 is 1.12 bits per heavy atom. The average molecular weight is 820 g/mol. The Hall–Kier alpha value is -1.52. The van der Waals surface area contributed by atoms with Crippen LogP contribution in [0.3, 0.4) is 0 Å². The summed E-state index contributed by atoms with van der Waals surface area (Å²) in [4.78, 5) is 45.9. The highest BCUT2D eigenvalue weighted by atomic mass is 31.2. The van der Waals surface area contributed by atoms with Gasteiger partial charge in [0, 0.05) is 12.8 Å². The minimum Gasteiger partial charge on any atom is -0.480 e. The molecule has 0 rings (SSSR count). The van der Waals surface area contributed by atoms with E-state index in [0.717, 1.165) is 38.5 Å². The lowest BCUT2D eigenvalue weighted by Gasteiger charge is -2.20. The van der Waals surface area contributed by atoms with Crippen LogP contribution in [0, 0.1) is 0 Å². The SMILES string of the molecule is CCCCCCCCCCCCCCCCCCCCCCCCC(=O)OC[C@@H](COP(=O)(O)OC[C@@H](N)C(=O)O)OC(=O)CCCCCCCCCCCC. The lowest BCUT2D eigenvalue weighted by Crippen LogP contribution is -2.34. The molecule has 0 saturated carbocycles. The highest BCUT2D eigenvalue weighted by Crippen LogP contribution is 2.43. The maximum atomic E-state index is 12.6. The quantitative estimate of drug-likeness (QED) is 0.0303. The third kappa shape index (κ3) is 39.3. The second-order valence-corrected chi connectivity index (χ2v) is 17.4. The normalized spacial score (nSPS) is 13.6. The molecule has 4 N–H and O–H groups in total. The van der Waals surface area contributed by atoms with Crippen LogP contribution in [0.5, 0.6) is 0 Å². The molecule has 0 aromatic heterocycles. The molecule has 0 aromatic rings. The molecule has 12 heteroatoms. The van der Waals surface area contributed by atoms with Crippen LogP contribution in [0.1, 0.15) is 232 Å². The van der Waals surface area contributed by atoms with Gasteiger partial charge in [-0.2, -0.15) is 0 Å². The van der Waals surface area contributed by atoms with Gasteiger partial charge in [-0.3, -0.25) is 23.4 Å². The second-order valence-electron chi connectivity index (χ2n) is 15.9. The summed E-state index contributed by atoms with van der Waals surface area (Å²) in [7, 11) is -4.70. The van der Waals surface area contributed by atoms with Gasteiger partial charge >= 0.3 is 25.7 Å². The minimum atomic E-state index is -4.70. The van der Waals surface area contributed by atoms with Crippen LogP contribution in [0.4, 0.5) is 0 Å². The summed E-state index contributed by atoms with van der Waals surface area (Å²) in [5.74, 6) is -2.36. The lowest BCUT2D eigenvalue weighted by molar-refractivity contribution is -0.161. The molecule has 0 aliphatic heterocycles. The van der Waals surface area contributed by atoms with Crippen LogP contribution in [-0.2, 0) is 37.5 Å². The van der Waals surface area contributed by atoms with Gasteiger partial charge in [0.05, 0.1) is 13.2 Å². The van der Waals surface area contributed by atoms with E-state index >= 15 is 0 Å². The van der Waals surface area contributed by atoms with Crippen molar-refractivity contribution in [3.05, 3.63) is 0 Å². The molecule has 3 atom stereocenters. The molecule has 56 heavy (non-hydrogen) atoms. The van der Waals surface area contributed by atoms with E-state index in [1.807, 2.05) is 0 Å². The van der Waals surface area contributed by atoms with Gasteiger partial charge in [-0.1, -0.05) is 206 Å². The van der Waals surface area contributed by atoms with Crippen molar-refractivity contribution in [2.45, 2.75) is 244 Å². The topological polar surface area (TPSA) is 172 Å². The summed E-state index contributed by atoms with van der Waals surface area (Å²) in [6.45, 7) is 2.82. The number of carbonyl (C=O) groups excluding carboxylic acids is 2. The minimum absolute atomic E-state index is 0.168. The number of rotatable bonds is 44. The van der Waals surface area contributed by atoms with Gasteiger partial charge in [0.1, 0.15) is 12.6 Å². The first-order valence-corrected chi connectivity index (χ1v) is 24.6. The monoisotopic (exact) mass is 820 g/mol. The number of carbonyl (C=O) groups is 3. The number of carboxylic acid groups (broad SMARTS) is 1. The van der Waals surface area contributed by atoms with Gasteiger partial charge < -0.3 is 25.2 Å². The van der Waals surface area contributed by atoms with Gasteiger partial charge in [0.25, 0.3) is 0 Å². The Balaban J connectivity index is 4.14. The number of carboxylic acids is 1. The number of phosphoric ester groups is 1. The van der Waals surface area contributed by atoms with E-state index in [2.05, 4.69) is 18.4 Å². The van der Waals surface area contributed by atoms with Crippen LogP contribution in [0.2, 0.25) is 0 Å². The Morgan fingerprint density at radius 2 is 0.786 bits per heavy atom. The van der Waals surface area contributed by atoms with Crippen molar-refractivity contribution >= 4 is 25.7 Å². The number of nitrogens with two attached hydrogens (primary N) is 1. The number of ether oxygens (including phenoxy) is 2. The number of hydrogen-bond acceptors (Lipinski definition) is 9. The van der Waals surface area contributed by atoms with Gasteiger partial charge in [-0.05, 0) is 12.8 Å². The highest BCUT2D eigenvalue weighted by Gasteiger charge is 2.28. The third-order valence-corrected chi connectivity index (χ3v) is 11.3. The molecule has 0 bridgehead atoms. The fourth-order valence-electron chi connectivity index (χ4n) is 6.71. The third-order valence-electron chi connectivity index (χ3n) is 10.4. The fraction of sp³-hybridized carbons (Fsp3) is 0.932. The second kappa shape index (κ2) is 40.3. The number of phosphoric acid groups is 1. The fourth-order valence-corrected chi connectivity index (χ4v) is 7.49. The number of esters is 2. The van der Waals surface area contributed by atoms with Crippen molar-refractivity contribution in [3.63, 3.8) is 0 Å². The Labute approximate surface area is 342 Å². The van der Waals surface area contributed by atoms with E-state index in [1.54, 1.807) is 0 Å². The van der Waals surface area contributed by atoms with Crippen molar-refractivity contribution in [3.8, 4) is 0 Å².